The fourth-order valence-corrected chi connectivity index (χ4v) is 5.69. The van der Waals surface area contributed by atoms with E-state index in [9.17, 15) is 22.8 Å². The maximum Gasteiger partial charge on any atom is 0.265 e. The minimum absolute atomic E-state index is 0.00673. The van der Waals surface area contributed by atoms with Crippen molar-refractivity contribution >= 4 is 50.7 Å². The van der Waals surface area contributed by atoms with E-state index < -0.39 is 34.3 Å². The monoisotopic (exact) mass is 497 g/mol. The number of imide groups is 1. The fraction of sp³-hybridized carbons (Fsp3) is 0.125. The number of halogens is 1. The molecule has 8 nitrogen and oxygen atoms in total. The molecule has 0 atom stereocenters. The van der Waals surface area contributed by atoms with E-state index in [1.807, 2.05) is 0 Å². The van der Waals surface area contributed by atoms with Crippen LogP contribution in [0.25, 0.3) is 0 Å². The molecule has 1 aliphatic rings. The highest BCUT2D eigenvalue weighted by atomic mass is 35.5. The van der Waals surface area contributed by atoms with Crippen LogP contribution in [0.1, 0.15) is 27.6 Å². The number of hydrogen-bond donors (Lipinski definition) is 1. The lowest BCUT2D eigenvalue weighted by molar-refractivity contribution is -0.116. The number of hydrogen-bond acceptors (Lipinski definition) is 5. The lowest BCUT2D eigenvalue weighted by Gasteiger charge is -2.23. The van der Waals surface area contributed by atoms with Crippen LogP contribution in [0.5, 0.6) is 0 Å². The van der Waals surface area contributed by atoms with Crippen molar-refractivity contribution in [1.29, 1.82) is 0 Å². The molecule has 4 rings (SSSR count). The highest BCUT2D eigenvalue weighted by Crippen LogP contribution is 2.31. The molecule has 0 saturated heterocycles. The number of para-hydroxylation sites is 1. The Labute approximate surface area is 201 Å². The summed E-state index contributed by atoms with van der Waals surface area (Å²) in [6.07, 6.45) is 0. The summed E-state index contributed by atoms with van der Waals surface area (Å²) in [5, 5.41) is 2.54. The van der Waals surface area contributed by atoms with Crippen molar-refractivity contribution in [2.45, 2.75) is 11.8 Å². The van der Waals surface area contributed by atoms with E-state index in [2.05, 4.69) is 5.32 Å². The number of amides is 3. The summed E-state index contributed by atoms with van der Waals surface area (Å²) in [6.45, 7) is 1.35. The second-order valence-electron chi connectivity index (χ2n) is 7.44. The molecule has 1 aliphatic heterocycles. The number of carbonyl (C=O) groups excluding carboxylic acids is 3. The van der Waals surface area contributed by atoms with E-state index in [1.165, 1.54) is 34.6 Å². The van der Waals surface area contributed by atoms with Gasteiger partial charge in [-0.25, -0.2) is 8.42 Å². The summed E-state index contributed by atoms with van der Waals surface area (Å²) in [7, 11) is -4.04. The Kier molecular flexibility index (Phi) is 6.41. The summed E-state index contributed by atoms with van der Waals surface area (Å²) < 4.78 is 27.9. The highest BCUT2D eigenvalue weighted by Gasteiger charge is 2.36. The quantitative estimate of drug-likeness (QED) is 0.500. The number of nitrogens with zero attached hydrogens (tertiary/aromatic N) is 2. The van der Waals surface area contributed by atoms with Gasteiger partial charge in [0.25, 0.3) is 21.8 Å². The SMILES string of the molecule is CCN(c1ccccc1)S(=O)(=O)c1cc(NC(=O)CN2C(=O)c3ccccc3C2=O)ccc1Cl. The van der Waals surface area contributed by atoms with Gasteiger partial charge in [0, 0.05) is 12.2 Å². The third-order valence-corrected chi connectivity index (χ3v) is 7.68. The summed E-state index contributed by atoms with van der Waals surface area (Å²) in [4.78, 5) is 38.3. The van der Waals surface area contributed by atoms with Gasteiger partial charge in [0.05, 0.1) is 21.8 Å². The van der Waals surface area contributed by atoms with Crippen LogP contribution >= 0.6 is 11.6 Å². The smallest absolute Gasteiger partial charge is 0.265 e. The molecule has 1 heterocycles. The normalized spacial score (nSPS) is 13.1. The lowest BCUT2D eigenvalue weighted by atomic mass is 10.1. The van der Waals surface area contributed by atoms with Crippen LogP contribution in [0, 0.1) is 0 Å². The second kappa shape index (κ2) is 9.28. The zero-order chi connectivity index (χ0) is 24.5. The number of rotatable bonds is 7. The third-order valence-electron chi connectivity index (χ3n) is 5.29. The third kappa shape index (κ3) is 4.27. The molecule has 3 amide bonds. The molecule has 174 valence electrons. The second-order valence-corrected chi connectivity index (χ2v) is 9.68. The Bertz CT molecular complexity index is 1360. The summed E-state index contributed by atoms with van der Waals surface area (Å²) >= 11 is 6.22. The first kappa shape index (κ1) is 23.5. The molecule has 0 saturated carbocycles. The molecule has 0 bridgehead atoms. The molecule has 3 aromatic rings. The number of fused-ring (bicyclic) bond motifs is 1. The maximum atomic E-state index is 13.3. The van der Waals surface area contributed by atoms with Gasteiger partial charge in [0.1, 0.15) is 11.4 Å². The topological polar surface area (TPSA) is 104 Å². The number of carbonyl (C=O) groups is 3. The molecule has 0 spiro atoms. The minimum atomic E-state index is -4.04. The zero-order valence-corrected chi connectivity index (χ0v) is 19.6. The first-order chi connectivity index (χ1) is 16.2. The molecule has 0 unspecified atom stereocenters. The molecule has 0 aliphatic carbocycles. The molecule has 0 fully saturated rings. The van der Waals surface area contributed by atoms with Gasteiger partial charge in [-0.2, -0.15) is 0 Å². The first-order valence-electron chi connectivity index (χ1n) is 10.4. The average Bonchev–Trinajstić information content (AvgIpc) is 3.06. The van der Waals surface area contributed by atoms with Crippen LogP contribution in [0.3, 0.4) is 0 Å². The average molecular weight is 498 g/mol. The van der Waals surface area contributed by atoms with Crippen molar-refractivity contribution in [3.8, 4) is 0 Å². The minimum Gasteiger partial charge on any atom is -0.324 e. The predicted octanol–water partition coefficient (Wildman–Crippen LogP) is 3.79. The van der Waals surface area contributed by atoms with Gasteiger partial charge in [-0.1, -0.05) is 41.9 Å². The molecular formula is C24H20ClN3O5S. The van der Waals surface area contributed by atoms with Crippen LogP contribution in [0.2, 0.25) is 5.02 Å². The van der Waals surface area contributed by atoms with Crippen LogP contribution in [0.4, 0.5) is 11.4 Å². The fourth-order valence-electron chi connectivity index (χ4n) is 3.71. The van der Waals surface area contributed by atoms with Crippen molar-refractivity contribution in [3.05, 3.63) is 88.9 Å². The van der Waals surface area contributed by atoms with Gasteiger partial charge in [-0.15, -0.1) is 0 Å². The van der Waals surface area contributed by atoms with Gasteiger partial charge >= 0.3 is 0 Å². The van der Waals surface area contributed by atoms with E-state index in [4.69, 9.17) is 11.6 Å². The molecule has 34 heavy (non-hydrogen) atoms. The summed E-state index contributed by atoms with van der Waals surface area (Å²) in [5.41, 5.74) is 1.11. The lowest BCUT2D eigenvalue weighted by Crippen LogP contribution is -2.37. The number of anilines is 2. The van der Waals surface area contributed by atoms with Crippen LogP contribution in [-0.4, -0.2) is 44.1 Å². The van der Waals surface area contributed by atoms with Crippen LogP contribution in [-0.2, 0) is 14.8 Å². The Balaban J connectivity index is 1.55. The van der Waals surface area contributed by atoms with Gasteiger partial charge in [0.15, 0.2) is 0 Å². The standard InChI is InChI=1S/C24H20ClN3O5S/c1-2-28(17-8-4-3-5-9-17)34(32,33)21-14-16(12-13-20(21)25)26-22(29)15-27-23(30)18-10-6-7-11-19(18)24(27)31/h3-14H,2,15H2,1H3,(H,26,29). The highest BCUT2D eigenvalue weighted by molar-refractivity contribution is 7.93. The Morgan fingerprint density at radius 2 is 1.53 bits per heavy atom. The maximum absolute atomic E-state index is 13.3. The number of benzene rings is 3. The van der Waals surface area contributed by atoms with Crippen molar-refractivity contribution in [1.82, 2.24) is 4.90 Å². The molecular weight excluding hydrogens is 478 g/mol. The van der Waals surface area contributed by atoms with E-state index in [1.54, 1.807) is 49.4 Å². The molecule has 10 heteroatoms. The van der Waals surface area contributed by atoms with E-state index in [0.717, 1.165) is 4.90 Å². The summed E-state index contributed by atoms with van der Waals surface area (Å²) in [5.74, 6) is -1.77. The first-order valence-corrected chi connectivity index (χ1v) is 12.2. The predicted molar refractivity (Wildman–Crippen MR) is 129 cm³/mol. The molecule has 0 aromatic heterocycles. The van der Waals surface area contributed by atoms with E-state index in [-0.39, 0.29) is 33.3 Å². The molecule has 0 radical (unpaired) electrons. The Hall–Kier alpha value is -3.69. The largest absolute Gasteiger partial charge is 0.324 e. The van der Waals surface area contributed by atoms with E-state index >= 15 is 0 Å². The zero-order valence-electron chi connectivity index (χ0n) is 18.1. The van der Waals surface area contributed by atoms with Gasteiger partial charge < -0.3 is 5.32 Å². The van der Waals surface area contributed by atoms with Crippen molar-refractivity contribution in [2.75, 3.05) is 22.7 Å². The Morgan fingerprint density at radius 1 is 0.941 bits per heavy atom. The van der Waals surface area contributed by atoms with Gasteiger partial charge in [-0.05, 0) is 49.4 Å². The molecule has 1 N–H and O–H groups in total. The van der Waals surface area contributed by atoms with Crippen molar-refractivity contribution < 1.29 is 22.8 Å². The summed E-state index contributed by atoms with van der Waals surface area (Å²) in [6, 6.07) is 19.0. The Morgan fingerprint density at radius 3 is 2.12 bits per heavy atom. The molecule has 3 aromatic carbocycles. The van der Waals surface area contributed by atoms with Crippen molar-refractivity contribution in [3.63, 3.8) is 0 Å². The van der Waals surface area contributed by atoms with Crippen LogP contribution in [0.15, 0.2) is 77.7 Å². The van der Waals surface area contributed by atoms with Crippen molar-refractivity contribution in [2.24, 2.45) is 0 Å². The van der Waals surface area contributed by atoms with Gasteiger partial charge in [-0.3, -0.25) is 23.6 Å². The van der Waals surface area contributed by atoms with Gasteiger partial charge in [0.2, 0.25) is 5.91 Å². The number of nitrogens with one attached hydrogen (secondary N) is 1. The van der Waals surface area contributed by atoms with E-state index in [0.29, 0.717) is 5.69 Å². The number of sulfonamides is 1. The van der Waals surface area contributed by atoms with Crippen LogP contribution < -0.4 is 9.62 Å².